The van der Waals surface area contributed by atoms with Crippen molar-refractivity contribution in [2.75, 3.05) is 0 Å². The molecule has 0 atom stereocenters. The van der Waals surface area contributed by atoms with Crippen LogP contribution in [-0.4, -0.2) is 16.7 Å². The largest absolute Gasteiger partial charge is 0.278 e. The summed E-state index contributed by atoms with van der Waals surface area (Å²) in [6.07, 6.45) is 0.718. The number of hydrogen-bond donors (Lipinski definition) is 0. The molecule has 1 heterocycles. The van der Waals surface area contributed by atoms with Crippen LogP contribution in [0.2, 0.25) is 0 Å². The Kier molecular flexibility index (Phi) is 2.31. The summed E-state index contributed by atoms with van der Waals surface area (Å²) in [6.45, 7) is 0.395. The van der Waals surface area contributed by atoms with Crippen LogP contribution >= 0.6 is 0 Å². The van der Waals surface area contributed by atoms with Crippen molar-refractivity contribution in [1.82, 2.24) is 4.90 Å². The average Bonchev–Trinajstić information content (AvgIpc) is 2.51. The van der Waals surface area contributed by atoms with Crippen molar-refractivity contribution < 1.29 is 9.59 Å². The van der Waals surface area contributed by atoms with Gasteiger partial charge in [0, 0.05) is 12.8 Å². The SMILES string of the molecule is O=C1CCC(=O)N1Cc1cc[c]cc1. The Hall–Kier alpha value is -1.64. The minimum atomic E-state index is -0.0668. The van der Waals surface area contributed by atoms with E-state index in [1.54, 1.807) is 12.1 Å². The van der Waals surface area contributed by atoms with Gasteiger partial charge in [-0.15, -0.1) is 0 Å². The number of rotatable bonds is 2. The first kappa shape index (κ1) is 8.94. The highest BCUT2D eigenvalue weighted by atomic mass is 16.2. The summed E-state index contributed by atoms with van der Waals surface area (Å²) < 4.78 is 0. The smallest absolute Gasteiger partial charge is 0.229 e. The molecule has 1 radical (unpaired) electrons. The fourth-order valence-corrected chi connectivity index (χ4v) is 1.51. The Morgan fingerprint density at radius 2 is 1.71 bits per heavy atom. The van der Waals surface area contributed by atoms with Crippen molar-refractivity contribution in [2.24, 2.45) is 0 Å². The molecule has 0 N–H and O–H groups in total. The maximum atomic E-state index is 11.3. The van der Waals surface area contributed by atoms with E-state index in [2.05, 4.69) is 6.07 Å². The molecular formula is C11H10NO2. The first-order valence-corrected chi connectivity index (χ1v) is 4.55. The summed E-state index contributed by atoms with van der Waals surface area (Å²) >= 11 is 0. The Balaban J connectivity index is 2.11. The lowest BCUT2D eigenvalue weighted by molar-refractivity contribution is -0.139. The average molecular weight is 188 g/mol. The number of likely N-dealkylation sites (tertiary alicyclic amines) is 1. The Morgan fingerprint density at radius 1 is 1.14 bits per heavy atom. The van der Waals surface area contributed by atoms with Gasteiger partial charge in [-0.05, 0) is 11.6 Å². The van der Waals surface area contributed by atoms with Crippen LogP contribution in [-0.2, 0) is 16.1 Å². The molecule has 0 spiro atoms. The van der Waals surface area contributed by atoms with Crippen molar-refractivity contribution in [1.29, 1.82) is 0 Å². The molecule has 0 aromatic heterocycles. The summed E-state index contributed by atoms with van der Waals surface area (Å²) in [5.41, 5.74) is 0.965. The van der Waals surface area contributed by atoms with Gasteiger partial charge in [0.15, 0.2) is 0 Å². The molecule has 2 amide bonds. The first-order valence-electron chi connectivity index (χ1n) is 4.55. The lowest BCUT2D eigenvalue weighted by atomic mass is 10.2. The topological polar surface area (TPSA) is 37.4 Å². The third-order valence-corrected chi connectivity index (χ3v) is 2.28. The van der Waals surface area contributed by atoms with Gasteiger partial charge in [-0.3, -0.25) is 14.5 Å². The maximum Gasteiger partial charge on any atom is 0.229 e. The van der Waals surface area contributed by atoms with Crippen LogP contribution in [0, 0.1) is 6.07 Å². The number of benzene rings is 1. The molecule has 3 nitrogen and oxygen atoms in total. The Morgan fingerprint density at radius 3 is 2.29 bits per heavy atom. The van der Waals surface area contributed by atoms with Crippen LogP contribution in [0.15, 0.2) is 24.3 Å². The molecule has 0 saturated carbocycles. The standard InChI is InChI=1S/C11H10NO2/c13-10-6-7-11(14)12(10)8-9-4-2-1-3-5-9/h2-5H,6-8H2. The third kappa shape index (κ3) is 1.66. The number of amides is 2. The van der Waals surface area contributed by atoms with Crippen molar-refractivity contribution in [3.63, 3.8) is 0 Å². The molecule has 2 rings (SSSR count). The van der Waals surface area contributed by atoms with Crippen LogP contribution in [0.4, 0.5) is 0 Å². The predicted octanol–water partition coefficient (Wildman–Crippen LogP) is 1.14. The van der Waals surface area contributed by atoms with E-state index in [9.17, 15) is 9.59 Å². The number of nitrogens with zero attached hydrogens (tertiary/aromatic N) is 1. The molecule has 0 aliphatic carbocycles. The highest BCUT2D eigenvalue weighted by molar-refractivity contribution is 6.01. The van der Waals surface area contributed by atoms with Crippen molar-refractivity contribution >= 4 is 11.8 Å². The van der Waals surface area contributed by atoms with Gasteiger partial charge in [-0.25, -0.2) is 0 Å². The van der Waals surface area contributed by atoms with Gasteiger partial charge in [0.1, 0.15) is 0 Å². The zero-order chi connectivity index (χ0) is 9.97. The summed E-state index contributed by atoms with van der Waals surface area (Å²) in [5.74, 6) is -0.134. The van der Waals surface area contributed by atoms with E-state index in [1.165, 1.54) is 4.90 Å². The molecule has 1 fully saturated rings. The van der Waals surface area contributed by atoms with Crippen LogP contribution in [0.5, 0.6) is 0 Å². The fraction of sp³-hybridized carbons (Fsp3) is 0.273. The molecule has 1 aromatic rings. The predicted molar refractivity (Wildman–Crippen MR) is 50.1 cm³/mol. The van der Waals surface area contributed by atoms with E-state index in [-0.39, 0.29) is 11.8 Å². The van der Waals surface area contributed by atoms with E-state index in [0.29, 0.717) is 19.4 Å². The quantitative estimate of drug-likeness (QED) is 0.652. The monoisotopic (exact) mass is 188 g/mol. The van der Waals surface area contributed by atoms with E-state index in [4.69, 9.17) is 0 Å². The second-order valence-electron chi connectivity index (χ2n) is 3.28. The van der Waals surface area contributed by atoms with Crippen LogP contribution in [0.1, 0.15) is 18.4 Å². The second-order valence-corrected chi connectivity index (χ2v) is 3.28. The molecule has 0 bridgehead atoms. The van der Waals surface area contributed by atoms with Gasteiger partial charge in [0.2, 0.25) is 11.8 Å². The van der Waals surface area contributed by atoms with E-state index in [1.807, 2.05) is 12.1 Å². The van der Waals surface area contributed by atoms with Crippen LogP contribution in [0.3, 0.4) is 0 Å². The van der Waals surface area contributed by atoms with Crippen LogP contribution < -0.4 is 0 Å². The molecule has 1 aromatic carbocycles. The van der Waals surface area contributed by atoms with Crippen molar-refractivity contribution in [3.05, 3.63) is 35.9 Å². The number of hydrogen-bond acceptors (Lipinski definition) is 2. The highest BCUT2D eigenvalue weighted by Crippen LogP contribution is 2.15. The molecular weight excluding hydrogens is 178 g/mol. The minimum absolute atomic E-state index is 0.0668. The summed E-state index contributed by atoms with van der Waals surface area (Å²) in [5, 5.41) is 0. The number of carbonyl (C=O) groups excluding carboxylic acids is 2. The van der Waals surface area contributed by atoms with Gasteiger partial charge in [-0.2, -0.15) is 0 Å². The Bertz CT molecular complexity index is 343. The van der Waals surface area contributed by atoms with Crippen molar-refractivity contribution in [3.8, 4) is 0 Å². The third-order valence-electron chi connectivity index (χ3n) is 2.28. The fourth-order valence-electron chi connectivity index (χ4n) is 1.51. The highest BCUT2D eigenvalue weighted by Gasteiger charge is 2.28. The summed E-state index contributed by atoms with van der Waals surface area (Å²) in [6, 6.07) is 10.2. The van der Waals surface area contributed by atoms with E-state index < -0.39 is 0 Å². The first-order chi connectivity index (χ1) is 6.77. The number of carbonyl (C=O) groups is 2. The van der Waals surface area contributed by atoms with E-state index in [0.717, 1.165) is 5.56 Å². The maximum absolute atomic E-state index is 11.3. The molecule has 14 heavy (non-hydrogen) atoms. The van der Waals surface area contributed by atoms with Gasteiger partial charge >= 0.3 is 0 Å². The zero-order valence-corrected chi connectivity index (χ0v) is 7.69. The van der Waals surface area contributed by atoms with Gasteiger partial charge in [0.05, 0.1) is 6.54 Å². The lowest BCUT2D eigenvalue weighted by Crippen LogP contribution is -2.28. The van der Waals surface area contributed by atoms with E-state index >= 15 is 0 Å². The van der Waals surface area contributed by atoms with Gasteiger partial charge in [0.25, 0.3) is 0 Å². The van der Waals surface area contributed by atoms with Crippen LogP contribution in [0.25, 0.3) is 0 Å². The molecule has 1 aliphatic rings. The second kappa shape index (κ2) is 3.62. The zero-order valence-electron chi connectivity index (χ0n) is 7.69. The normalized spacial score (nSPS) is 16.4. The molecule has 1 aliphatic heterocycles. The molecule has 71 valence electrons. The van der Waals surface area contributed by atoms with Crippen molar-refractivity contribution in [2.45, 2.75) is 19.4 Å². The molecule has 3 heteroatoms. The summed E-state index contributed by atoms with van der Waals surface area (Å²) in [4.78, 5) is 23.9. The van der Waals surface area contributed by atoms with Gasteiger partial charge in [-0.1, -0.05) is 24.3 Å². The molecule has 1 saturated heterocycles. The number of imide groups is 1. The minimum Gasteiger partial charge on any atom is -0.278 e. The molecule has 0 unspecified atom stereocenters. The van der Waals surface area contributed by atoms with Gasteiger partial charge < -0.3 is 0 Å². The summed E-state index contributed by atoms with van der Waals surface area (Å²) in [7, 11) is 0. The Labute approximate surface area is 82.3 Å². The lowest BCUT2D eigenvalue weighted by Gasteiger charge is -2.13.